The zero-order chi connectivity index (χ0) is 80.3. The van der Waals surface area contributed by atoms with Gasteiger partial charge >= 0.3 is 0 Å². The molecule has 5 aromatic heterocycles. The van der Waals surface area contributed by atoms with E-state index >= 15 is 0 Å². The average Bonchev–Trinajstić information content (AvgIpc) is 1.03. The van der Waals surface area contributed by atoms with Crippen molar-refractivity contribution in [2.24, 2.45) is 5.92 Å². The molecule has 0 aliphatic carbocycles. The van der Waals surface area contributed by atoms with Crippen molar-refractivity contribution < 1.29 is 4.79 Å². The van der Waals surface area contributed by atoms with Crippen molar-refractivity contribution in [1.29, 1.82) is 0 Å². The Labute approximate surface area is 711 Å². The maximum atomic E-state index is 12.4. The molecule has 114 heavy (non-hydrogen) atoms. The molecule has 0 spiro atoms. The number of rotatable bonds is 26. The first-order chi connectivity index (χ1) is 55.4. The van der Waals surface area contributed by atoms with Gasteiger partial charge in [-0.25, -0.2) is 0 Å². The zero-order valence-electron chi connectivity index (χ0n) is 65.7. The highest BCUT2D eigenvalue weighted by atomic mass is 79.9. The Balaban J connectivity index is 0.000000141. The minimum absolute atomic E-state index is 0.243. The van der Waals surface area contributed by atoms with Gasteiger partial charge in [-0.1, -0.05) is 297 Å². The number of ketones is 1. The molecular weight excluding hydrogens is 1590 g/mol. The van der Waals surface area contributed by atoms with Crippen LogP contribution in [0.4, 0.5) is 0 Å². The number of carbonyl (C=O) groups excluding carboxylic acids is 1. The number of pyridine rings is 3. The summed E-state index contributed by atoms with van der Waals surface area (Å²) in [6, 6.07) is 81.8. The number of H-pyrrole nitrogens is 1. The summed E-state index contributed by atoms with van der Waals surface area (Å²) in [4.78, 5) is 38.1. The van der Waals surface area contributed by atoms with Crippen LogP contribution >= 0.6 is 85.5 Å². The standard InChI is InChI=1S/C21H20ClNO.C21H22ClN.C20H19BrClN.C20H20Cl2N2.C18H18ClN/c1-15(19-9-2-3-10-20(19)22)11-12-18(24)14-17-7-4-6-16-8-5-13-23-21(16)17;1-16(19-13-4-5-14-20(19)22)8-2-3-9-17-10-6-11-18-12-7-15-23-21(17)18;1-14(16-8-2-3-10-19(16)22)6-4-7-15-11-12-18(21)17-9-5-13-23-20(15)17;1-13(14(2)17-9-8-16(21)12-18(17)22)6-7-15-4-3-5-19-20(15)24-11-10-23-19;1-13(15-6-2-3-7-17(15)19)9-10-14-5-4-8-18-16(14)11-12-20-18/h2-10,13,15H,11-12,14H2,1H3;4-7,10-16H,2-3,8-9H2,1H3;2-3,5,8-14H,4,6-7H2,1H3;3-5,8-14H,6-7H2,1-2H3;2-8,11-13,20H,9-10H2,1H3. The van der Waals surface area contributed by atoms with Crippen molar-refractivity contribution in [3.05, 3.63) is 370 Å². The van der Waals surface area contributed by atoms with Gasteiger partial charge in [0.1, 0.15) is 5.78 Å². The topological polar surface area (TPSA) is 97.3 Å². The smallest absolute Gasteiger partial charge is 0.137 e. The number of nitrogens with zero attached hydrogens (tertiary/aromatic N) is 5. The van der Waals surface area contributed by atoms with Crippen molar-refractivity contribution in [3.8, 4) is 0 Å². The lowest BCUT2D eigenvalue weighted by Crippen LogP contribution is -2.08. The number of aromatic nitrogens is 6. The van der Waals surface area contributed by atoms with Crippen molar-refractivity contribution >= 4 is 146 Å². The molecule has 5 heterocycles. The van der Waals surface area contributed by atoms with Crippen LogP contribution in [0, 0.1) is 5.92 Å². The van der Waals surface area contributed by atoms with E-state index in [0.717, 1.165) is 137 Å². The molecule has 10 aromatic carbocycles. The van der Waals surface area contributed by atoms with Gasteiger partial charge in [-0.15, -0.1) is 0 Å². The van der Waals surface area contributed by atoms with Crippen molar-refractivity contribution in [1.82, 2.24) is 29.9 Å². The van der Waals surface area contributed by atoms with Crippen molar-refractivity contribution in [2.45, 2.75) is 161 Å². The summed E-state index contributed by atoms with van der Waals surface area (Å²) in [5, 5.41) is 9.66. The predicted octanol–water partition coefficient (Wildman–Crippen LogP) is 30.6. The molecule has 0 saturated heterocycles. The second-order valence-corrected chi connectivity index (χ2v) is 33.2. The third kappa shape index (κ3) is 24.2. The van der Waals surface area contributed by atoms with E-state index in [1.54, 1.807) is 18.6 Å². The van der Waals surface area contributed by atoms with Gasteiger partial charge in [-0.05, 0) is 241 Å². The molecule has 0 amide bonds. The van der Waals surface area contributed by atoms with E-state index in [4.69, 9.17) is 69.6 Å². The molecule has 0 saturated carbocycles. The van der Waals surface area contributed by atoms with E-state index < -0.39 is 0 Å². The maximum Gasteiger partial charge on any atom is 0.137 e. The summed E-state index contributed by atoms with van der Waals surface area (Å²) in [6.07, 6.45) is 25.0. The number of fused-ring (bicyclic) bond motifs is 5. The molecule has 6 unspecified atom stereocenters. The molecule has 15 aromatic rings. The lowest BCUT2D eigenvalue weighted by atomic mass is 9.85. The second-order valence-electron chi connectivity index (χ2n) is 29.9. The number of halogens is 7. The third-order valence-electron chi connectivity index (χ3n) is 21.9. The van der Waals surface area contributed by atoms with E-state index in [0.29, 0.717) is 47.5 Å². The first kappa shape index (κ1) is 86.1. The number of unbranched alkanes of at least 4 members (excludes halogenated alkanes) is 1. The monoisotopic (exact) mass is 1690 g/mol. The van der Waals surface area contributed by atoms with Crippen molar-refractivity contribution in [2.75, 3.05) is 0 Å². The fourth-order valence-corrected chi connectivity index (χ4v) is 17.4. The number of hydrogen-bond acceptors (Lipinski definition) is 6. The Morgan fingerprint density at radius 1 is 0.360 bits per heavy atom. The fourth-order valence-electron chi connectivity index (χ4n) is 15.0. The Bertz CT molecular complexity index is 5600. The Morgan fingerprint density at radius 3 is 1.45 bits per heavy atom. The molecule has 0 fully saturated rings. The zero-order valence-corrected chi connectivity index (χ0v) is 71.8. The summed E-state index contributed by atoms with van der Waals surface area (Å²) < 4.78 is 1.11. The molecule has 0 bridgehead atoms. The van der Waals surface area contributed by atoms with Crippen LogP contribution in [0.1, 0.15) is 185 Å². The number of aryl methyl sites for hydroxylation is 4. The number of nitrogens with one attached hydrogen (secondary N) is 1. The number of benzene rings is 10. The summed E-state index contributed by atoms with van der Waals surface area (Å²) in [7, 11) is 0. The summed E-state index contributed by atoms with van der Waals surface area (Å²) in [5.41, 5.74) is 18.7. The lowest BCUT2D eigenvalue weighted by Gasteiger charge is -2.21. The van der Waals surface area contributed by atoms with Crippen LogP contribution in [0.2, 0.25) is 30.1 Å². The highest BCUT2D eigenvalue weighted by Gasteiger charge is 2.20. The molecule has 1 N–H and O–H groups in total. The van der Waals surface area contributed by atoms with Gasteiger partial charge in [-0.2, -0.15) is 0 Å². The average molecular weight is 1690 g/mol. The molecule has 15 rings (SSSR count). The van der Waals surface area contributed by atoms with E-state index in [-0.39, 0.29) is 11.7 Å². The van der Waals surface area contributed by atoms with Gasteiger partial charge in [0.25, 0.3) is 0 Å². The van der Waals surface area contributed by atoms with E-state index in [2.05, 4.69) is 203 Å². The summed E-state index contributed by atoms with van der Waals surface area (Å²) in [6.45, 7) is 13.4. The Morgan fingerprint density at radius 2 is 0.833 bits per heavy atom. The number of hydrogen-bond donors (Lipinski definition) is 1. The highest BCUT2D eigenvalue weighted by molar-refractivity contribution is 9.10. The molecule has 0 aliphatic rings. The van der Waals surface area contributed by atoms with Gasteiger partial charge in [0.05, 0.1) is 27.6 Å². The van der Waals surface area contributed by atoms with Crippen LogP contribution < -0.4 is 0 Å². The first-order valence-corrected chi connectivity index (χ1v) is 42.8. The minimum Gasteiger partial charge on any atom is -0.361 e. The van der Waals surface area contributed by atoms with Crippen LogP contribution in [0.3, 0.4) is 0 Å². The van der Waals surface area contributed by atoms with Crippen LogP contribution in [-0.4, -0.2) is 35.7 Å². The molecular formula is C100H99BrCl6N6O. The van der Waals surface area contributed by atoms with Crippen LogP contribution in [0.25, 0.3) is 54.6 Å². The Kier molecular flexibility index (Phi) is 33.1. The van der Waals surface area contributed by atoms with Gasteiger partial charge in [0.15, 0.2) is 0 Å². The molecule has 7 nitrogen and oxygen atoms in total. The number of para-hydroxylation sites is 3. The summed E-state index contributed by atoms with van der Waals surface area (Å²) >= 11 is 41.1. The summed E-state index contributed by atoms with van der Waals surface area (Å²) in [5.74, 6) is 2.83. The maximum absolute atomic E-state index is 12.4. The molecule has 6 atom stereocenters. The van der Waals surface area contributed by atoms with Gasteiger partial charge in [0, 0.05) is 112 Å². The molecule has 14 heteroatoms. The minimum atomic E-state index is 0.243. The predicted molar refractivity (Wildman–Crippen MR) is 489 cm³/mol. The highest BCUT2D eigenvalue weighted by Crippen LogP contribution is 2.37. The lowest BCUT2D eigenvalue weighted by molar-refractivity contribution is -0.118. The second kappa shape index (κ2) is 43.8. The Hall–Kier alpha value is -8.80. The number of aromatic amines is 1. The van der Waals surface area contributed by atoms with Crippen LogP contribution in [-0.2, 0) is 36.9 Å². The number of Topliss-reactive ketones (excluding diaryl/α,β-unsaturated/α-hetero) is 1. The number of carbonyl (C=O) groups is 1. The van der Waals surface area contributed by atoms with E-state index in [9.17, 15) is 4.79 Å². The first-order valence-electron chi connectivity index (χ1n) is 39.7. The van der Waals surface area contributed by atoms with E-state index in [1.165, 1.54) is 79.9 Å². The van der Waals surface area contributed by atoms with Gasteiger partial charge in [0.2, 0.25) is 0 Å². The van der Waals surface area contributed by atoms with E-state index in [1.807, 2.05) is 146 Å². The normalized spacial score (nSPS) is 12.7. The molecule has 0 aliphatic heterocycles. The van der Waals surface area contributed by atoms with Crippen LogP contribution in [0.5, 0.6) is 0 Å². The van der Waals surface area contributed by atoms with Crippen LogP contribution in [0.15, 0.2) is 284 Å². The third-order valence-corrected chi connectivity index (χ3v) is 24.6. The molecule has 584 valence electrons. The quantitative estimate of drug-likeness (QED) is 0.0543. The SMILES string of the molecule is CC(CCC(=O)Cc1cccc2cccnc12)c1ccccc1Cl.CC(CCCCc1cccc2cccnc12)c1ccccc1Cl.CC(CCCc1ccc(Br)c2cccnc12)c1ccccc1Cl.CC(CCc1cccc2[nH]ccc12)c1ccccc1Cl.CC(CCc1cccc2nccnc12)C(C)c1ccc(Cl)cc1Cl. The largest absolute Gasteiger partial charge is 0.361 e. The van der Waals surface area contributed by atoms with Crippen molar-refractivity contribution in [3.63, 3.8) is 0 Å². The van der Waals surface area contributed by atoms with Gasteiger partial charge < -0.3 is 4.98 Å². The fraction of sp³-hybridized carbons (Fsp3) is 0.260. The van der Waals surface area contributed by atoms with Gasteiger partial charge in [-0.3, -0.25) is 29.7 Å². The molecule has 0 radical (unpaired) electrons.